The number of nitrogens with zero attached hydrogens (tertiary/aromatic N) is 1. The number of aliphatic imine (C=N–C) groups is 1. The van der Waals surface area contributed by atoms with Crippen molar-refractivity contribution >= 4 is 5.84 Å². The molecular weight excluding hydrogens is 131 g/mol. The zero-order chi connectivity index (χ0) is 7.98. The van der Waals surface area contributed by atoms with E-state index in [0.29, 0.717) is 0 Å². The average molecular weight is 142 g/mol. The first-order chi connectivity index (χ1) is 4.76. The van der Waals surface area contributed by atoms with Crippen LogP contribution >= 0.6 is 0 Å². The maximum atomic E-state index is 12.6. The second-order valence-electron chi connectivity index (χ2n) is 1.55. The molecule has 0 fully saturated rings. The fraction of sp³-hybridized carbons (Fsp3) is 0.286. The van der Waals surface area contributed by atoms with Gasteiger partial charge < -0.3 is 5.32 Å². The standard InChI is InChI=1S/C7H11FN2/c1-4-6(8)7(9-3)10-5-2/h4-5H,2H2,1,3H3,(H,9,10)/b6-4+. The van der Waals surface area contributed by atoms with Crippen LogP contribution in [-0.4, -0.2) is 12.9 Å². The Balaban J connectivity index is 4.35. The van der Waals surface area contributed by atoms with Gasteiger partial charge in [-0.15, -0.1) is 0 Å². The molecule has 0 aliphatic rings. The molecule has 0 aromatic carbocycles. The van der Waals surface area contributed by atoms with Crippen molar-refractivity contribution in [2.24, 2.45) is 4.99 Å². The lowest BCUT2D eigenvalue weighted by atomic mass is 10.4. The summed E-state index contributed by atoms with van der Waals surface area (Å²) in [5.74, 6) is -0.167. The van der Waals surface area contributed by atoms with Gasteiger partial charge in [-0.3, -0.25) is 0 Å². The molecule has 0 aliphatic carbocycles. The Kier molecular flexibility index (Phi) is 4.20. The van der Waals surface area contributed by atoms with Crippen LogP contribution in [-0.2, 0) is 0 Å². The predicted octanol–water partition coefficient (Wildman–Crippen LogP) is 1.62. The minimum atomic E-state index is -0.373. The second kappa shape index (κ2) is 4.73. The normalized spacial score (nSPS) is 13.1. The van der Waals surface area contributed by atoms with Crippen molar-refractivity contribution in [1.82, 2.24) is 5.32 Å². The number of allylic oxidation sites excluding steroid dienone is 1. The van der Waals surface area contributed by atoms with E-state index >= 15 is 0 Å². The molecule has 0 aliphatic heterocycles. The van der Waals surface area contributed by atoms with E-state index in [4.69, 9.17) is 0 Å². The third kappa shape index (κ3) is 2.44. The van der Waals surface area contributed by atoms with Crippen molar-refractivity contribution in [3.8, 4) is 0 Å². The van der Waals surface area contributed by atoms with Crippen molar-refractivity contribution in [2.75, 3.05) is 7.05 Å². The maximum absolute atomic E-state index is 12.6. The molecule has 0 amide bonds. The zero-order valence-electron chi connectivity index (χ0n) is 6.19. The largest absolute Gasteiger partial charge is 0.371 e. The van der Waals surface area contributed by atoms with Gasteiger partial charge in [0.15, 0.2) is 11.7 Å². The highest BCUT2D eigenvalue weighted by Gasteiger charge is 1.98. The van der Waals surface area contributed by atoms with E-state index in [2.05, 4.69) is 16.9 Å². The quantitative estimate of drug-likeness (QED) is 0.460. The van der Waals surface area contributed by atoms with Crippen LogP contribution in [0.5, 0.6) is 0 Å². The number of hydrogen-bond donors (Lipinski definition) is 1. The van der Waals surface area contributed by atoms with E-state index in [1.807, 2.05) is 0 Å². The van der Waals surface area contributed by atoms with Crippen molar-refractivity contribution in [3.63, 3.8) is 0 Å². The molecule has 0 bridgehead atoms. The smallest absolute Gasteiger partial charge is 0.161 e. The summed E-state index contributed by atoms with van der Waals surface area (Å²) in [7, 11) is 1.60. The zero-order valence-corrected chi connectivity index (χ0v) is 6.19. The van der Waals surface area contributed by atoms with Gasteiger partial charge in [0.1, 0.15) is 0 Å². The highest BCUT2D eigenvalue weighted by atomic mass is 19.1. The summed E-state index contributed by atoms with van der Waals surface area (Å²) < 4.78 is 12.6. The Morgan fingerprint density at radius 3 is 2.60 bits per heavy atom. The summed E-state index contributed by atoms with van der Waals surface area (Å²) in [6, 6.07) is 0. The number of amidine groups is 1. The van der Waals surface area contributed by atoms with Crippen LogP contribution in [0.4, 0.5) is 4.39 Å². The van der Waals surface area contributed by atoms with Crippen molar-refractivity contribution in [1.29, 1.82) is 0 Å². The van der Waals surface area contributed by atoms with Gasteiger partial charge in [0.25, 0.3) is 0 Å². The molecule has 0 saturated heterocycles. The lowest BCUT2D eigenvalue weighted by Crippen LogP contribution is -2.18. The highest BCUT2D eigenvalue weighted by molar-refractivity contribution is 5.96. The molecule has 2 nitrogen and oxygen atoms in total. The fourth-order valence-corrected chi connectivity index (χ4v) is 0.474. The minimum absolute atomic E-state index is 0.206. The molecule has 3 heteroatoms. The van der Waals surface area contributed by atoms with Crippen LogP contribution in [0.3, 0.4) is 0 Å². The first kappa shape index (κ1) is 8.88. The molecule has 0 aromatic heterocycles. The first-order valence-electron chi connectivity index (χ1n) is 2.95. The van der Waals surface area contributed by atoms with Crippen LogP contribution in [0.15, 0.2) is 29.7 Å². The van der Waals surface area contributed by atoms with E-state index in [1.54, 1.807) is 14.0 Å². The Morgan fingerprint density at radius 1 is 1.70 bits per heavy atom. The van der Waals surface area contributed by atoms with Crippen LogP contribution in [0, 0.1) is 0 Å². The van der Waals surface area contributed by atoms with Gasteiger partial charge in [-0.1, -0.05) is 6.58 Å². The third-order valence-corrected chi connectivity index (χ3v) is 0.937. The lowest BCUT2D eigenvalue weighted by molar-refractivity contribution is 0.672. The summed E-state index contributed by atoms with van der Waals surface area (Å²) in [6.07, 6.45) is 2.62. The third-order valence-electron chi connectivity index (χ3n) is 0.937. The molecule has 0 heterocycles. The molecule has 56 valence electrons. The van der Waals surface area contributed by atoms with Crippen LogP contribution in [0.25, 0.3) is 0 Å². The lowest BCUT2D eigenvalue weighted by Gasteiger charge is -1.98. The Hall–Kier alpha value is -1.12. The van der Waals surface area contributed by atoms with E-state index in [-0.39, 0.29) is 11.7 Å². The van der Waals surface area contributed by atoms with Crippen LogP contribution in [0.2, 0.25) is 0 Å². The Morgan fingerprint density at radius 2 is 2.30 bits per heavy atom. The summed E-state index contributed by atoms with van der Waals surface area (Å²) in [5, 5.41) is 2.59. The van der Waals surface area contributed by atoms with Gasteiger partial charge in [0.05, 0.1) is 0 Å². The molecule has 0 unspecified atom stereocenters. The summed E-state index contributed by atoms with van der Waals surface area (Å²) in [6.45, 7) is 4.95. The van der Waals surface area contributed by atoms with Gasteiger partial charge in [-0.25, -0.2) is 9.38 Å². The van der Waals surface area contributed by atoms with Gasteiger partial charge in [0.2, 0.25) is 0 Å². The number of rotatable bonds is 2. The van der Waals surface area contributed by atoms with Crippen molar-refractivity contribution in [3.05, 3.63) is 24.7 Å². The van der Waals surface area contributed by atoms with E-state index in [0.717, 1.165) is 0 Å². The molecule has 0 spiro atoms. The van der Waals surface area contributed by atoms with E-state index < -0.39 is 0 Å². The number of likely N-dealkylation sites (N-methyl/N-ethyl adjacent to an activating group) is 1. The van der Waals surface area contributed by atoms with Crippen molar-refractivity contribution in [2.45, 2.75) is 6.92 Å². The second-order valence-corrected chi connectivity index (χ2v) is 1.55. The van der Waals surface area contributed by atoms with Crippen LogP contribution in [0.1, 0.15) is 6.92 Å². The topological polar surface area (TPSA) is 24.4 Å². The van der Waals surface area contributed by atoms with Gasteiger partial charge in [0, 0.05) is 13.2 Å². The van der Waals surface area contributed by atoms with Crippen molar-refractivity contribution < 1.29 is 4.39 Å². The number of nitrogens with one attached hydrogen (secondary N) is 1. The van der Waals surface area contributed by atoms with E-state index in [1.165, 1.54) is 12.3 Å². The number of hydrogen-bond acceptors (Lipinski definition) is 1. The molecule has 0 aromatic rings. The molecular formula is C7H11FN2. The monoisotopic (exact) mass is 142 g/mol. The number of halogens is 1. The SMILES string of the molecule is C=C/N=C(NC)\C(F)=C/C. The summed E-state index contributed by atoms with van der Waals surface area (Å²) in [4.78, 5) is 3.64. The minimum Gasteiger partial charge on any atom is -0.371 e. The fourth-order valence-electron chi connectivity index (χ4n) is 0.474. The van der Waals surface area contributed by atoms with Gasteiger partial charge in [-0.2, -0.15) is 0 Å². The predicted molar refractivity (Wildman–Crippen MR) is 41.6 cm³/mol. The highest BCUT2D eigenvalue weighted by Crippen LogP contribution is 1.96. The molecule has 0 atom stereocenters. The van der Waals surface area contributed by atoms with E-state index in [9.17, 15) is 4.39 Å². The molecule has 0 radical (unpaired) electrons. The average Bonchev–Trinajstić information content (AvgIpc) is 1.99. The molecule has 10 heavy (non-hydrogen) atoms. The summed E-state index contributed by atoms with van der Waals surface area (Å²) in [5.41, 5.74) is 0. The summed E-state index contributed by atoms with van der Waals surface area (Å²) >= 11 is 0. The molecule has 0 rings (SSSR count). The van der Waals surface area contributed by atoms with Gasteiger partial charge in [-0.05, 0) is 13.0 Å². The Bertz CT molecular complexity index is 170. The first-order valence-corrected chi connectivity index (χ1v) is 2.95. The molecule has 0 saturated carbocycles. The van der Waals surface area contributed by atoms with Crippen LogP contribution < -0.4 is 5.32 Å². The molecule has 1 N–H and O–H groups in total. The van der Waals surface area contributed by atoms with Gasteiger partial charge >= 0.3 is 0 Å². The maximum Gasteiger partial charge on any atom is 0.161 e. The Labute approximate surface area is 60.2 Å².